The third-order valence-electron chi connectivity index (χ3n) is 4.50. The van der Waals surface area contributed by atoms with Crippen LogP contribution >= 0.6 is 35.0 Å². The van der Waals surface area contributed by atoms with Crippen molar-refractivity contribution in [3.63, 3.8) is 0 Å². The summed E-state index contributed by atoms with van der Waals surface area (Å²) in [6.07, 6.45) is 5.09. The highest BCUT2D eigenvalue weighted by molar-refractivity contribution is 8.04. The van der Waals surface area contributed by atoms with Crippen LogP contribution in [0.3, 0.4) is 0 Å². The normalized spacial score (nSPS) is 19.5. The standard InChI is InChI=1S/C18H19Cl2NO2S/c1-2-24-16-15(13-9-8-11(19)10-14(13)20)17(22)21(18(16)23)12-6-4-3-5-7-12/h8-10,12H,2-7H2,1H3. The van der Waals surface area contributed by atoms with Crippen molar-refractivity contribution in [3.8, 4) is 0 Å². The number of benzene rings is 1. The SMILES string of the molecule is CCSC1=C(c2ccc(Cl)cc2Cl)C(=O)N(C2CCCCC2)C1=O. The Balaban J connectivity index is 2.03. The molecular weight excluding hydrogens is 365 g/mol. The van der Waals surface area contributed by atoms with Gasteiger partial charge in [-0.25, -0.2) is 0 Å². The molecule has 3 rings (SSSR count). The first-order valence-electron chi connectivity index (χ1n) is 8.25. The van der Waals surface area contributed by atoms with E-state index in [1.54, 1.807) is 18.2 Å². The molecule has 0 bridgehead atoms. The van der Waals surface area contributed by atoms with E-state index in [0.29, 0.717) is 26.1 Å². The summed E-state index contributed by atoms with van der Waals surface area (Å²) in [7, 11) is 0. The fourth-order valence-electron chi connectivity index (χ4n) is 3.41. The van der Waals surface area contributed by atoms with Crippen LogP contribution in [0.4, 0.5) is 0 Å². The van der Waals surface area contributed by atoms with Crippen LogP contribution in [-0.4, -0.2) is 28.5 Å². The lowest BCUT2D eigenvalue weighted by molar-refractivity contribution is -0.139. The molecule has 0 aromatic heterocycles. The average Bonchev–Trinajstić information content (AvgIpc) is 2.80. The second-order valence-corrected chi connectivity index (χ2v) is 8.15. The summed E-state index contributed by atoms with van der Waals surface area (Å²) in [5.74, 6) is 0.341. The second kappa shape index (κ2) is 7.51. The van der Waals surface area contributed by atoms with E-state index in [4.69, 9.17) is 23.2 Å². The molecule has 6 heteroatoms. The smallest absolute Gasteiger partial charge is 0.268 e. The highest BCUT2D eigenvalue weighted by Crippen LogP contribution is 2.41. The van der Waals surface area contributed by atoms with Gasteiger partial charge in [-0.05, 0) is 30.7 Å². The number of halogens is 2. The lowest BCUT2D eigenvalue weighted by Crippen LogP contribution is -2.42. The van der Waals surface area contributed by atoms with E-state index in [9.17, 15) is 9.59 Å². The quantitative estimate of drug-likeness (QED) is 0.673. The van der Waals surface area contributed by atoms with Crippen LogP contribution in [-0.2, 0) is 9.59 Å². The van der Waals surface area contributed by atoms with Crippen molar-refractivity contribution >= 4 is 52.4 Å². The van der Waals surface area contributed by atoms with E-state index in [1.807, 2.05) is 6.92 Å². The number of carbonyl (C=O) groups excluding carboxylic acids is 2. The van der Waals surface area contributed by atoms with Gasteiger partial charge in [0.15, 0.2) is 0 Å². The summed E-state index contributed by atoms with van der Waals surface area (Å²) in [6.45, 7) is 1.97. The van der Waals surface area contributed by atoms with Gasteiger partial charge in [0.05, 0.1) is 15.5 Å². The van der Waals surface area contributed by atoms with E-state index < -0.39 is 0 Å². The van der Waals surface area contributed by atoms with Gasteiger partial charge in [-0.15, -0.1) is 11.8 Å². The molecule has 0 N–H and O–H groups in total. The van der Waals surface area contributed by atoms with Crippen LogP contribution < -0.4 is 0 Å². The summed E-state index contributed by atoms with van der Waals surface area (Å²) in [5, 5.41) is 0.910. The fourth-order valence-corrected chi connectivity index (χ4v) is 4.76. The molecule has 0 radical (unpaired) electrons. The van der Waals surface area contributed by atoms with Crippen molar-refractivity contribution in [2.24, 2.45) is 0 Å². The minimum atomic E-state index is -0.216. The summed E-state index contributed by atoms with van der Waals surface area (Å²) in [6, 6.07) is 5.05. The predicted octanol–water partition coefficient (Wildman–Crippen LogP) is 5.16. The Hall–Kier alpha value is -0.970. The molecule has 1 aromatic carbocycles. The largest absolute Gasteiger partial charge is 0.271 e. The number of amides is 2. The van der Waals surface area contributed by atoms with Crippen molar-refractivity contribution in [3.05, 3.63) is 38.7 Å². The molecule has 24 heavy (non-hydrogen) atoms. The monoisotopic (exact) mass is 383 g/mol. The minimum Gasteiger partial charge on any atom is -0.271 e. The molecule has 2 amide bonds. The molecule has 3 nitrogen and oxygen atoms in total. The lowest BCUT2D eigenvalue weighted by Gasteiger charge is -2.29. The van der Waals surface area contributed by atoms with Crippen molar-refractivity contribution in [2.45, 2.75) is 45.1 Å². The zero-order chi connectivity index (χ0) is 17.3. The summed E-state index contributed by atoms with van der Waals surface area (Å²) in [4.78, 5) is 28.0. The van der Waals surface area contributed by atoms with Gasteiger partial charge in [-0.1, -0.05) is 55.5 Å². The summed E-state index contributed by atoms with van der Waals surface area (Å²) in [5.41, 5.74) is 1.02. The molecule has 1 fully saturated rings. The molecule has 1 aliphatic heterocycles. The molecule has 0 spiro atoms. The molecule has 2 aliphatic rings. The molecule has 128 valence electrons. The summed E-state index contributed by atoms with van der Waals surface area (Å²) >= 11 is 13.7. The highest BCUT2D eigenvalue weighted by Gasteiger charge is 2.43. The number of imide groups is 1. The van der Waals surface area contributed by atoms with Crippen LogP contribution in [0.25, 0.3) is 5.57 Å². The molecule has 1 aromatic rings. The number of rotatable bonds is 4. The minimum absolute atomic E-state index is 0.00906. The number of hydrogen-bond acceptors (Lipinski definition) is 3. The Kier molecular flexibility index (Phi) is 5.58. The van der Waals surface area contributed by atoms with Crippen molar-refractivity contribution in [1.82, 2.24) is 4.90 Å². The lowest BCUT2D eigenvalue weighted by atomic mass is 9.94. The molecule has 0 atom stereocenters. The second-order valence-electron chi connectivity index (χ2n) is 6.03. The predicted molar refractivity (Wildman–Crippen MR) is 100 cm³/mol. The first-order chi connectivity index (χ1) is 11.5. The van der Waals surface area contributed by atoms with E-state index in [-0.39, 0.29) is 17.9 Å². The maximum Gasteiger partial charge on any atom is 0.268 e. The molecule has 1 heterocycles. The number of carbonyl (C=O) groups is 2. The Morgan fingerprint density at radius 1 is 1.12 bits per heavy atom. The van der Waals surface area contributed by atoms with E-state index in [2.05, 4.69) is 0 Å². The molecular formula is C18H19Cl2NO2S. The number of hydrogen-bond donors (Lipinski definition) is 0. The van der Waals surface area contributed by atoms with Gasteiger partial charge in [0.1, 0.15) is 0 Å². The zero-order valence-electron chi connectivity index (χ0n) is 13.5. The topological polar surface area (TPSA) is 37.4 Å². The van der Waals surface area contributed by atoms with Gasteiger partial charge < -0.3 is 0 Å². The Morgan fingerprint density at radius 2 is 1.83 bits per heavy atom. The van der Waals surface area contributed by atoms with Gasteiger partial charge in [0.25, 0.3) is 11.8 Å². The van der Waals surface area contributed by atoms with Crippen LogP contribution in [0.5, 0.6) is 0 Å². The van der Waals surface area contributed by atoms with E-state index >= 15 is 0 Å². The number of thioether (sulfide) groups is 1. The first kappa shape index (κ1) is 17.8. The van der Waals surface area contributed by atoms with Crippen molar-refractivity contribution in [1.29, 1.82) is 0 Å². The van der Waals surface area contributed by atoms with Gasteiger partial charge in [0.2, 0.25) is 0 Å². The molecule has 0 saturated heterocycles. The third-order valence-corrected chi connectivity index (χ3v) is 6.01. The van der Waals surface area contributed by atoms with Gasteiger partial charge in [-0.3, -0.25) is 14.5 Å². The van der Waals surface area contributed by atoms with Gasteiger partial charge in [0, 0.05) is 16.6 Å². The Morgan fingerprint density at radius 3 is 2.46 bits per heavy atom. The maximum absolute atomic E-state index is 13.1. The molecule has 0 unspecified atom stereocenters. The van der Waals surface area contributed by atoms with Crippen LogP contribution in [0, 0.1) is 0 Å². The van der Waals surface area contributed by atoms with E-state index in [1.165, 1.54) is 23.1 Å². The molecule has 1 saturated carbocycles. The zero-order valence-corrected chi connectivity index (χ0v) is 15.8. The van der Waals surface area contributed by atoms with Crippen molar-refractivity contribution in [2.75, 3.05) is 5.75 Å². The fraction of sp³-hybridized carbons (Fsp3) is 0.444. The van der Waals surface area contributed by atoms with E-state index in [0.717, 1.165) is 31.4 Å². The Labute approximate surface area is 156 Å². The highest BCUT2D eigenvalue weighted by atomic mass is 35.5. The first-order valence-corrected chi connectivity index (χ1v) is 9.99. The maximum atomic E-state index is 13.1. The average molecular weight is 384 g/mol. The molecule has 1 aliphatic carbocycles. The third kappa shape index (κ3) is 3.24. The van der Waals surface area contributed by atoms with Crippen LogP contribution in [0.2, 0.25) is 10.0 Å². The Bertz CT molecular complexity index is 711. The number of nitrogens with zero attached hydrogens (tertiary/aromatic N) is 1. The van der Waals surface area contributed by atoms with Gasteiger partial charge in [-0.2, -0.15) is 0 Å². The van der Waals surface area contributed by atoms with Crippen molar-refractivity contribution < 1.29 is 9.59 Å². The van der Waals surface area contributed by atoms with Crippen LogP contribution in [0.15, 0.2) is 23.1 Å². The summed E-state index contributed by atoms with van der Waals surface area (Å²) < 4.78 is 0. The van der Waals surface area contributed by atoms with Crippen LogP contribution in [0.1, 0.15) is 44.6 Å². The van der Waals surface area contributed by atoms with Gasteiger partial charge >= 0.3 is 0 Å².